The normalized spacial score (nSPS) is 12.7. The van der Waals surface area contributed by atoms with Crippen molar-refractivity contribution in [1.82, 2.24) is 14.0 Å². The summed E-state index contributed by atoms with van der Waals surface area (Å²) in [7, 11) is 5.24. The van der Waals surface area contributed by atoms with Crippen LogP contribution < -0.4 is 21.3 Å². The Bertz CT molecular complexity index is 1140. The lowest BCUT2D eigenvalue weighted by Crippen LogP contribution is -2.56. The molecule has 0 saturated heterocycles. The molecule has 3 aromatic rings. The van der Waals surface area contributed by atoms with E-state index in [4.69, 9.17) is 11.5 Å². The van der Waals surface area contributed by atoms with E-state index in [0.717, 1.165) is 17.0 Å². The summed E-state index contributed by atoms with van der Waals surface area (Å²) < 4.78 is 16.7. The Morgan fingerprint density at radius 2 is 1.93 bits per heavy atom. The van der Waals surface area contributed by atoms with Crippen molar-refractivity contribution in [3.05, 3.63) is 47.9 Å². The van der Waals surface area contributed by atoms with Crippen LogP contribution in [0.1, 0.15) is 23.7 Å². The van der Waals surface area contributed by atoms with Gasteiger partial charge in [0, 0.05) is 36.3 Å². The number of amides is 2. The molecule has 0 radical (unpaired) electrons. The molecule has 0 aliphatic rings. The van der Waals surface area contributed by atoms with Crippen molar-refractivity contribution < 1.29 is 14.0 Å². The van der Waals surface area contributed by atoms with Crippen molar-refractivity contribution in [2.24, 2.45) is 18.5 Å². The number of rotatable bonds is 7. The molecule has 5 N–H and O–H groups in total. The van der Waals surface area contributed by atoms with E-state index in [9.17, 15) is 14.0 Å². The van der Waals surface area contributed by atoms with Crippen molar-refractivity contribution in [3.8, 4) is 0 Å². The van der Waals surface area contributed by atoms with Gasteiger partial charge in [-0.2, -0.15) is 9.37 Å². The number of fused-ring (bicyclic) bond motifs is 1. The van der Waals surface area contributed by atoms with Crippen LogP contribution in [0.5, 0.6) is 0 Å². The maximum absolute atomic E-state index is 14.9. The van der Waals surface area contributed by atoms with Crippen molar-refractivity contribution in [2.45, 2.75) is 19.4 Å². The number of likely N-dealkylation sites (N-methyl/N-ethyl adjacent to an activating group) is 1. The first kappa shape index (κ1) is 21.3. The van der Waals surface area contributed by atoms with Crippen LogP contribution in [0.15, 0.2) is 36.5 Å². The Balaban J connectivity index is 2.11. The van der Waals surface area contributed by atoms with E-state index in [2.05, 4.69) is 10.3 Å². The molecular weight excluding hydrogens is 387 g/mol. The molecule has 30 heavy (non-hydrogen) atoms. The van der Waals surface area contributed by atoms with Crippen LogP contribution in [0.25, 0.3) is 10.9 Å². The predicted octanol–water partition coefficient (Wildman–Crippen LogP) is 2.39. The maximum atomic E-state index is 14.9. The molecule has 1 atom stereocenters. The van der Waals surface area contributed by atoms with Gasteiger partial charge in [0.05, 0.1) is 19.7 Å². The average molecular weight is 413 g/mol. The number of halogens is 1. The lowest BCUT2D eigenvalue weighted by Gasteiger charge is -2.34. The Kier molecular flexibility index (Phi) is 5.49. The van der Waals surface area contributed by atoms with Gasteiger partial charge in [0.2, 0.25) is 5.82 Å². The minimum Gasteiger partial charge on any atom is -0.365 e. The number of nitrogens with two attached hydrogens (primary N) is 2. The first-order valence-electron chi connectivity index (χ1n) is 9.52. The monoisotopic (exact) mass is 413 g/mol. The molecule has 2 heterocycles. The number of hydrogen-bond acceptors (Lipinski definition) is 4. The minimum absolute atomic E-state index is 0.0195. The van der Waals surface area contributed by atoms with E-state index >= 15 is 0 Å². The molecular formula is C21H26FN6O2+. The molecule has 9 heteroatoms. The second-order valence-corrected chi connectivity index (χ2v) is 7.75. The molecule has 3 rings (SSSR count). The van der Waals surface area contributed by atoms with Crippen molar-refractivity contribution >= 4 is 40.0 Å². The lowest BCUT2D eigenvalue weighted by atomic mass is 10.1. The third kappa shape index (κ3) is 3.71. The van der Waals surface area contributed by atoms with Crippen LogP contribution in [0, 0.1) is 5.82 Å². The first-order valence-corrected chi connectivity index (χ1v) is 9.52. The quantitative estimate of drug-likeness (QED) is 0.516. The topological polar surface area (TPSA) is 116 Å². The average Bonchev–Trinajstić information content (AvgIpc) is 3.03. The zero-order valence-corrected chi connectivity index (χ0v) is 17.4. The highest BCUT2D eigenvalue weighted by molar-refractivity contribution is 5.99. The molecule has 0 fully saturated rings. The van der Waals surface area contributed by atoms with Gasteiger partial charge in [0.15, 0.2) is 6.04 Å². The number of aryl methyl sites for hydroxylation is 1. The van der Waals surface area contributed by atoms with Gasteiger partial charge in [-0.3, -0.25) is 14.1 Å². The number of hydrogen-bond donors (Lipinski definition) is 3. The van der Waals surface area contributed by atoms with Crippen molar-refractivity contribution in [3.63, 3.8) is 0 Å². The number of nitrogens with zero attached hydrogens (tertiary/aromatic N) is 3. The van der Waals surface area contributed by atoms with Gasteiger partial charge >= 0.3 is 0 Å². The van der Waals surface area contributed by atoms with E-state index in [1.807, 2.05) is 42.1 Å². The molecule has 158 valence electrons. The fourth-order valence-corrected chi connectivity index (χ4v) is 3.79. The number of primary amides is 2. The van der Waals surface area contributed by atoms with Crippen LogP contribution in [-0.4, -0.2) is 41.5 Å². The predicted molar refractivity (Wildman–Crippen MR) is 116 cm³/mol. The van der Waals surface area contributed by atoms with E-state index in [0.29, 0.717) is 12.1 Å². The summed E-state index contributed by atoms with van der Waals surface area (Å²) in [5.41, 5.74) is 12.6. The highest BCUT2D eigenvalue weighted by Gasteiger charge is 2.38. The number of aromatic nitrogens is 2. The van der Waals surface area contributed by atoms with Gasteiger partial charge in [0.1, 0.15) is 5.82 Å². The van der Waals surface area contributed by atoms with Gasteiger partial charge in [-0.1, -0.05) is 6.92 Å². The summed E-state index contributed by atoms with van der Waals surface area (Å²) in [5.74, 6) is -2.03. The van der Waals surface area contributed by atoms with Crippen LogP contribution >= 0.6 is 0 Å². The van der Waals surface area contributed by atoms with Crippen LogP contribution in [-0.2, 0) is 11.8 Å². The third-order valence-corrected chi connectivity index (χ3v) is 5.41. The van der Waals surface area contributed by atoms with E-state index in [1.165, 1.54) is 0 Å². The smallest absolute Gasteiger partial charge is 0.276 e. The number of pyridine rings is 1. The molecule has 0 spiro atoms. The fraction of sp³-hybridized carbons (Fsp3) is 0.286. The van der Waals surface area contributed by atoms with Gasteiger partial charge in [-0.05, 0) is 30.3 Å². The molecule has 2 aromatic heterocycles. The number of nitrogens with one attached hydrogen (secondary N) is 1. The fourth-order valence-electron chi connectivity index (χ4n) is 3.79. The summed E-state index contributed by atoms with van der Waals surface area (Å²) in [4.78, 5) is 28.2. The number of quaternary nitrogens is 1. The number of carbonyl (C=O) groups is 2. The number of carbonyl (C=O) groups excluding carboxylic acids is 2. The van der Waals surface area contributed by atoms with Gasteiger partial charge in [-0.15, -0.1) is 0 Å². The molecule has 0 saturated carbocycles. The SMILES string of the molecule is CCC(C(N)=O)[N+](C)(C)c1nc(Nc2ccc3c(ccn3C)c2)c(C(N)=O)cc1F. The second kappa shape index (κ2) is 7.75. The van der Waals surface area contributed by atoms with Crippen molar-refractivity contribution in [1.29, 1.82) is 0 Å². The van der Waals surface area contributed by atoms with E-state index in [-0.39, 0.29) is 21.7 Å². The molecule has 8 nitrogen and oxygen atoms in total. The summed E-state index contributed by atoms with van der Waals surface area (Å²) >= 11 is 0. The summed E-state index contributed by atoms with van der Waals surface area (Å²) in [6.07, 6.45) is 2.33. The van der Waals surface area contributed by atoms with Gasteiger partial charge in [-0.25, -0.2) is 0 Å². The highest BCUT2D eigenvalue weighted by Crippen LogP contribution is 2.31. The van der Waals surface area contributed by atoms with Crippen LogP contribution in [0.2, 0.25) is 0 Å². The Labute approximate surface area is 173 Å². The van der Waals surface area contributed by atoms with Gasteiger partial charge < -0.3 is 21.4 Å². The summed E-state index contributed by atoms with van der Waals surface area (Å²) in [5, 5.41) is 4.05. The first-order chi connectivity index (χ1) is 14.1. The zero-order valence-electron chi connectivity index (χ0n) is 17.4. The van der Waals surface area contributed by atoms with Crippen molar-refractivity contribution in [2.75, 3.05) is 19.4 Å². The minimum atomic E-state index is -0.816. The Morgan fingerprint density at radius 3 is 2.53 bits per heavy atom. The summed E-state index contributed by atoms with van der Waals surface area (Å²) in [6.45, 7) is 1.79. The largest absolute Gasteiger partial charge is 0.365 e. The molecule has 2 amide bonds. The van der Waals surface area contributed by atoms with Crippen LogP contribution in [0.4, 0.5) is 21.7 Å². The second-order valence-electron chi connectivity index (χ2n) is 7.75. The Morgan fingerprint density at radius 1 is 1.23 bits per heavy atom. The zero-order chi connectivity index (χ0) is 22.2. The van der Waals surface area contributed by atoms with E-state index in [1.54, 1.807) is 21.0 Å². The highest BCUT2D eigenvalue weighted by atomic mass is 19.1. The Hall–Kier alpha value is -3.46. The van der Waals surface area contributed by atoms with Crippen LogP contribution in [0.3, 0.4) is 0 Å². The maximum Gasteiger partial charge on any atom is 0.276 e. The summed E-state index contributed by atoms with van der Waals surface area (Å²) in [6, 6.07) is 7.95. The van der Waals surface area contributed by atoms with E-state index < -0.39 is 23.7 Å². The third-order valence-electron chi connectivity index (χ3n) is 5.41. The molecule has 1 unspecified atom stereocenters. The molecule has 0 bridgehead atoms. The molecule has 0 aliphatic heterocycles. The molecule has 1 aromatic carbocycles. The molecule has 0 aliphatic carbocycles. The van der Waals surface area contributed by atoms with Gasteiger partial charge in [0.25, 0.3) is 17.6 Å². The lowest BCUT2D eigenvalue weighted by molar-refractivity contribution is -0.122. The number of anilines is 2. The number of benzene rings is 1. The standard InChI is InChI=1S/C21H25FN6O2/c1-5-17(19(24)30)28(3,4)21-15(22)11-14(18(23)29)20(26-21)25-13-6-7-16-12(10-13)8-9-27(16)2/h6-11,17H,5H2,1-4H3,(H4-,23,24,25,26,29,30)/p+1.